The number of carbonyl (C=O) groups is 2. The molecule has 0 saturated carbocycles. The van der Waals surface area contributed by atoms with Crippen LogP contribution in [0.2, 0.25) is 0 Å². The van der Waals surface area contributed by atoms with Crippen molar-refractivity contribution in [1.82, 2.24) is 0 Å². The lowest BCUT2D eigenvalue weighted by atomic mass is 9.87. The summed E-state index contributed by atoms with van der Waals surface area (Å²) in [6, 6.07) is 13.2. The zero-order valence-corrected chi connectivity index (χ0v) is 24.0. The van der Waals surface area contributed by atoms with E-state index >= 15 is 0 Å². The topological polar surface area (TPSA) is 82.0 Å². The summed E-state index contributed by atoms with van der Waals surface area (Å²) in [5.41, 5.74) is -8.02. The molecular weight excluding hydrogens is 799 g/mol. The van der Waals surface area contributed by atoms with Gasteiger partial charge in [-0.05, 0) is 93.7 Å². The van der Waals surface area contributed by atoms with Crippen LogP contribution >= 0.6 is 45.2 Å². The molecular formula is C25H12F9I2N3O2. The third kappa shape index (κ3) is 6.39. The highest BCUT2D eigenvalue weighted by molar-refractivity contribution is 14.1. The van der Waals surface area contributed by atoms with Gasteiger partial charge in [0.1, 0.15) is 0 Å². The Kier molecular flexibility index (Phi) is 9.22. The number of alkyl halides is 9. The molecule has 0 aliphatic rings. The molecule has 0 heterocycles. The second-order valence-corrected chi connectivity index (χ2v) is 10.5. The molecule has 1 atom stereocenters. The average molecular weight is 811 g/mol. The van der Waals surface area contributed by atoms with Crippen LogP contribution in [0.1, 0.15) is 31.8 Å². The van der Waals surface area contributed by atoms with E-state index in [9.17, 15) is 49.1 Å². The predicted octanol–water partition coefficient (Wildman–Crippen LogP) is 8.20. The number of nitriles is 1. The van der Waals surface area contributed by atoms with Crippen molar-refractivity contribution in [2.24, 2.45) is 0 Å². The fourth-order valence-electron chi connectivity index (χ4n) is 3.47. The van der Waals surface area contributed by atoms with E-state index in [1.165, 1.54) is 93.7 Å². The maximum atomic E-state index is 14.9. The Labute approximate surface area is 252 Å². The molecule has 3 rings (SSSR count). The molecule has 0 spiro atoms. The molecule has 1 unspecified atom stereocenters. The maximum Gasteiger partial charge on any atom is 0.457 e. The van der Waals surface area contributed by atoms with Crippen LogP contribution in [0, 0.1) is 18.5 Å². The minimum atomic E-state index is -6.88. The van der Waals surface area contributed by atoms with Crippen LogP contribution in [0.3, 0.4) is 0 Å². The molecule has 5 nitrogen and oxygen atoms in total. The van der Waals surface area contributed by atoms with Gasteiger partial charge in [0, 0.05) is 29.5 Å². The van der Waals surface area contributed by atoms with E-state index in [0.29, 0.717) is 0 Å². The lowest BCUT2D eigenvalue weighted by Gasteiger charge is -2.36. The Morgan fingerprint density at radius 2 is 1.22 bits per heavy atom. The SMILES string of the molecule is N#Cc1cccc(C(=O)Nc2cccc(C(=O)Nc3c(I)cc(C(F)(C(F)(F)F)C(F)(F)C(F)(F)F)cc3I)c2)c1. The number of carbonyl (C=O) groups excluding carboxylic acids is 2. The van der Waals surface area contributed by atoms with E-state index in [1.807, 2.05) is 6.07 Å². The van der Waals surface area contributed by atoms with Gasteiger partial charge in [-0.25, -0.2) is 4.39 Å². The van der Waals surface area contributed by atoms with E-state index in [4.69, 9.17) is 5.26 Å². The van der Waals surface area contributed by atoms with E-state index in [-0.39, 0.29) is 40.2 Å². The monoisotopic (exact) mass is 811 g/mol. The number of anilines is 2. The molecule has 0 bridgehead atoms. The smallest absolute Gasteiger partial charge is 0.322 e. The van der Waals surface area contributed by atoms with E-state index in [2.05, 4.69) is 10.6 Å². The second-order valence-electron chi connectivity index (χ2n) is 8.22. The summed E-state index contributed by atoms with van der Waals surface area (Å²) in [5, 5.41) is 13.8. The van der Waals surface area contributed by atoms with Crippen molar-refractivity contribution in [3.8, 4) is 6.07 Å². The van der Waals surface area contributed by atoms with Crippen molar-refractivity contribution in [2.45, 2.75) is 23.9 Å². The van der Waals surface area contributed by atoms with Crippen molar-refractivity contribution in [1.29, 1.82) is 5.26 Å². The van der Waals surface area contributed by atoms with Crippen molar-refractivity contribution in [3.63, 3.8) is 0 Å². The fourth-order valence-corrected chi connectivity index (χ4v) is 5.50. The van der Waals surface area contributed by atoms with Gasteiger partial charge in [-0.2, -0.15) is 40.4 Å². The van der Waals surface area contributed by atoms with Gasteiger partial charge in [-0.1, -0.05) is 12.1 Å². The lowest BCUT2D eigenvalue weighted by Crippen LogP contribution is -2.59. The summed E-state index contributed by atoms with van der Waals surface area (Å²) in [5.74, 6) is -8.36. The summed E-state index contributed by atoms with van der Waals surface area (Å²) in [6.07, 6.45) is -13.5. The molecule has 2 amide bonds. The largest absolute Gasteiger partial charge is 0.457 e. The third-order valence-corrected chi connectivity index (χ3v) is 7.20. The summed E-state index contributed by atoms with van der Waals surface area (Å²) in [6.45, 7) is 0. The van der Waals surface area contributed by atoms with Gasteiger partial charge in [0.2, 0.25) is 0 Å². The first-order valence-corrected chi connectivity index (χ1v) is 12.9. The predicted molar refractivity (Wildman–Crippen MR) is 145 cm³/mol. The van der Waals surface area contributed by atoms with Gasteiger partial charge < -0.3 is 10.6 Å². The molecule has 41 heavy (non-hydrogen) atoms. The first-order valence-electron chi connectivity index (χ1n) is 10.8. The molecule has 3 aromatic carbocycles. The molecule has 2 N–H and O–H groups in total. The number of amides is 2. The fraction of sp³-hybridized carbons (Fsp3) is 0.160. The highest BCUT2D eigenvalue weighted by Crippen LogP contribution is 2.58. The van der Waals surface area contributed by atoms with Crippen LogP contribution in [0.15, 0.2) is 60.7 Å². The zero-order valence-electron chi connectivity index (χ0n) is 19.7. The van der Waals surface area contributed by atoms with Crippen molar-refractivity contribution in [3.05, 3.63) is 90.1 Å². The normalized spacial score (nSPS) is 13.6. The molecule has 0 aliphatic carbocycles. The standard InChI is InChI=1S/C25H12F9I2N3O2/c26-22(24(29,30)31,23(27,28)25(32,33)34)15-9-17(35)19(18(36)10-15)39-21(41)14-5-2-6-16(8-14)38-20(40)13-4-1-3-12(7-13)11-37/h1-10H,(H,38,40)(H,39,41). The van der Waals surface area contributed by atoms with E-state index < -0.39 is 48.5 Å². The number of nitrogens with one attached hydrogen (secondary N) is 2. The Balaban J connectivity index is 1.91. The van der Waals surface area contributed by atoms with Gasteiger partial charge in [0.05, 0.1) is 17.3 Å². The van der Waals surface area contributed by atoms with Crippen molar-refractivity contribution >= 4 is 68.4 Å². The average Bonchev–Trinajstić information content (AvgIpc) is 2.88. The highest BCUT2D eigenvalue weighted by atomic mass is 127. The van der Waals surface area contributed by atoms with Crippen LogP contribution in [0.5, 0.6) is 0 Å². The Bertz CT molecular complexity index is 1530. The summed E-state index contributed by atoms with van der Waals surface area (Å²) in [4.78, 5) is 25.4. The van der Waals surface area contributed by atoms with Crippen LogP contribution in [-0.2, 0) is 5.67 Å². The quantitative estimate of drug-likeness (QED) is 0.195. The molecule has 0 aromatic heterocycles. The molecule has 216 valence electrons. The molecule has 0 saturated heterocycles. The molecule has 16 heteroatoms. The van der Waals surface area contributed by atoms with E-state index in [0.717, 1.165) is 0 Å². The van der Waals surface area contributed by atoms with Gasteiger partial charge in [-0.15, -0.1) is 0 Å². The minimum Gasteiger partial charge on any atom is -0.322 e. The second kappa shape index (κ2) is 11.7. The maximum absolute atomic E-state index is 14.9. The molecule has 3 aromatic rings. The summed E-state index contributed by atoms with van der Waals surface area (Å²) in [7, 11) is 0. The number of hydrogen-bond donors (Lipinski definition) is 2. The Hall–Kier alpha value is -3.08. The summed E-state index contributed by atoms with van der Waals surface area (Å²) >= 11 is 2.51. The van der Waals surface area contributed by atoms with Crippen molar-refractivity contribution in [2.75, 3.05) is 10.6 Å². The lowest BCUT2D eigenvalue weighted by molar-refractivity contribution is -0.389. The van der Waals surface area contributed by atoms with Crippen LogP contribution in [0.4, 0.5) is 50.9 Å². The van der Waals surface area contributed by atoms with Gasteiger partial charge >= 0.3 is 23.9 Å². The van der Waals surface area contributed by atoms with Crippen molar-refractivity contribution < 1.29 is 49.1 Å². The summed E-state index contributed by atoms with van der Waals surface area (Å²) < 4.78 is 120. The number of benzene rings is 3. The van der Waals surface area contributed by atoms with Gasteiger partial charge in [-0.3, -0.25) is 9.59 Å². The zero-order chi connectivity index (χ0) is 31.0. The highest BCUT2D eigenvalue weighted by Gasteiger charge is 2.81. The Morgan fingerprint density at radius 1 is 0.707 bits per heavy atom. The molecule has 0 aliphatic heterocycles. The number of nitrogens with zero attached hydrogens (tertiary/aromatic N) is 1. The molecule has 0 fully saturated rings. The van der Waals surface area contributed by atoms with E-state index in [1.54, 1.807) is 0 Å². The van der Waals surface area contributed by atoms with Gasteiger partial charge in [0.15, 0.2) is 0 Å². The van der Waals surface area contributed by atoms with Gasteiger partial charge in [0.25, 0.3) is 11.8 Å². The number of hydrogen-bond acceptors (Lipinski definition) is 3. The minimum absolute atomic E-state index is 0.0945. The first kappa shape index (κ1) is 32.4. The molecule has 0 radical (unpaired) electrons. The van der Waals surface area contributed by atoms with Crippen LogP contribution < -0.4 is 10.6 Å². The Morgan fingerprint density at radius 3 is 1.73 bits per heavy atom. The number of rotatable bonds is 6. The van der Waals surface area contributed by atoms with Crippen LogP contribution in [-0.4, -0.2) is 30.1 Å². The number of halogens is 11. The first-order chi connectivity index (χ1) is 18.8. The van der Waals surface area contributed by atoms with Crippen LogP contribution in [0.25, 0.3) is 0 Å². The third-order valence-electron chi connectivity index (χ3n) is 5.49.